The van der Waals surface area contributed by atoms with Crippen molar-refractivity contribution in [3.63, 3.8) is 0 Å². The number of pyridine rings is 1. The van der Waals surface area contributed by atoms with Gasteiger partial charge in [-0.25, -0.2) is 23.5 Å². The lowest BCUT2D eigenvalue weighted by Gasteiger charge is -2.36. The topological polar surface area (TPSA) is 123 Å². The number of amides is 1. The maximum atomic E-state index is 14.7. The molecule has 1 amide bonds. The number of piperidine rings is 1. The number of benzene rings is 1. The van der Waals surface area contributed by atoms with Crippen LogP contribution in [0.1, 0.15) is 23.2 Å². The van der Waals surface area contributed by atoms with E-state index in [-0.39, 0.29) is 11.4 Å². The molecule has 0 aliphatic carbocycles. The van der Waals surface area contributed by atoms with Crippen LogP contribution < -0.4 is 15.9 Å². The van der Waals surface area contributed by atoms with Gasteiger partial charge in [0.2, 0.25) is 0 Å². The van der Waals surface area contributed by atoms with Crippen molar-refractivity contribution in [2.45, 2.75) is 25.1 Å². The first-order chi connectivity index (χ1) is 16.9. The van der Waals surface area contributed by atoms with Crippen LogP contribution in [-0.2, 0) is 4.79 Å². The lowest BCUT2D eigenvalue weighted by Crippen LogP contribution is -2.42. The molecule has 0 radical (unpaired) electrons. The molecule has 1 aliphatic rings. The SMILES string of the molecule is CN(C)C1CCN(c2ccc(NC(=O)c3ccc4n[nH]c(=O)n4c3)cc2F)CC1.O=C(O)C(F)(F)F. The number of fused-ring (bicyclic) bond motifs is 1. The van der Waals surface area contributed by atoms with Crippen molar-refractivity contribution in [2.75, 3.05) is 37.4 Å². The second kappa shape index (κ2) is 10.8. The number of hydrogen-bond donors (Lipinski definition) is 3. The Morgan fingerprint density at radius 3 is 2.36 bits per heavy atom. The van der Waals surface area contributed by atoms with Gasteiger partial charge in [-0.2, -0.15) is 18.3 Å². The van der Waals surface area contributed by atoms with Gasteiger partial charge in [-0.15, -0.1) is 0 Å². The van der Waals surface area contributed by atoms with Gasteiger partial charge < -0.3 is 20.2 Å². The minimum absolute atomic E-state index is 0.274. The standard InChI is InChI=1S/C20H23FN6O2.C2HF3O2/c1-25(2)15-7-9-26(10-8-15)17-5-4-14(11-16(17)21)22-19(28)13-3-6-18-23-24-20(29)27(18)12-13;3-2(4,5)1(6)7/h3-6,11-12,15H,7-10H2,1-2H3,(H,22,28)(H,24,29);(H,6,7). The van der Waals surface area contributed by atoms with Crippen LogP contribution in [0.5, 0.6) is 0 Å². The molecule has 2 aromatic heterocycles. The normalized spacial score (nSPS) is 14.5. The molecule has 0 spiro atoms. The molecule has 10 nitrogen and oxygen atoms in total. The molecule has 3 N–H and O–H groups in total. The molecule has 0 atom stereocenters. The summed E-state index contributed by atoms with van der Waals surface area (Å²) in [5.41, 5.74) is 1.17. The molecular formula is C22H24F4N6O4. The summed E-state index contributed by atoms with van der Waals surface area (Å²) in [5, 5.41) is 15.9. The summed E-state index contributed by atoms with van der Waals surface area (Å²) in [6, 6.07) is 8.36. The molecule has 1 aromatic carbocycles. The summed E-state index contributed by atoms with van der Waals surface area (Å²) in [6.45, 7) is 1.59. The van der Waals surface area contributed by atoms with E-state index in [0.717, 1.165) is 25.9 Å². The third-order valence-electron chi connectivity index (χ3n) is 5.66. The van der Waals surface area contributed by atoms with Gasteiger partial charge in [0, 0.05) is 31.0 Å². The van der Waals surface area contributed by atoms with Gasteiger partial charge in [0.1, 0.15) is 5.82 Å². The van der Waals surface area contributed by atoms with Crippen molar-refractivity contribution < 1.29 is 32.3 Å². The number of carboxylic acid groups (broad SMARTS) is 1. The highest BCUT2D eigenvalue weighted by Gasteiger charge is 2.38. The zero-order valence-electron chi connectivity index (χ0n) is 19.3. The van der Waals surface area contributed by atoms with Crippen molar-refractivity contribution in [1.82, 2.24) is 19.5 Å². The summed E-state index contributed by atoms with van der Waals surface area (Å²) in [7, 11) is 4.14. The van der Waals surface area contributed by atoms with Crippen LogP contribution in [0.3, 0.4) is 0 Å². The quantitative estimate of drug-likeness (QED) is 0.459. The van der Waals surface area contributed by atoms with Gasteiger partial charge >= 0.3 is 17.8 Å². The Morgan fingerprint density at radius 1 is 1.17 bits per heavy atom. The van der Waals surface area contributed by atoms with E-state index in [1.807, 2.05) is 4.90 Å². The second-order valence-corrected chi connectivity index (χ2v) is 8.28. The fourth-order valence-corrected chi connectivity index (χ4v) is 3.71. The highest BCUT2D eigenvalue weighted by atomic mass is 19.4. The van der Waals surface area contributed by atoms with E-state index in [2.05, 4.69) is 34.5 Å². The number of hydrogen-bond acceptors (Lipinski definition) is 6. The van der Waals surface area contributed by atoms with Gasteiger partial charge in [-0.1, -0.05) is 0 Å². The van der Waals surface area contributed by atoms with Crippen molar-refractivity contribution in [1.29, 1.82) is 0 Å². The van der Waals surface area contributed by atoms with Crippen molar-refractivity contribution >= 4 is 28.9 Å². The number of carboxylic acids is 1. The van der Waals surface area contributed by atoms with Crippen molar-refractivity contribution in [3.8, 4) is 0 Å². The van der Waals surface area contributed by atoms with Gasteiger partial charge in [0.05, 0.1) is 11.3 Å². The molecule has 3 heterocycles. The molecule has 1 aliphatic heterocycles. The van der Waals surface area contributed by atoms with Crippen LogP contribution in [0.2, 0.25) is 0 Å². The van der Waals surface area contributed by atoms with Gasteiger partial charge in [-0.05, 0) is 57.3 Å². The Kier molecular flexibility index (Phi) is 7.97. The Balaban J connectivity index is 0.000000454. The smallest absolute Gasteiger partial charge is 0.475 e. The van der Waals surface area contributed by atoms with E-state index < -0.39 is 23.7 Å². The molecule has 194 valence electrons. The molecule has 0 saturated carbocycles. The number of halogens is 4. The minimum atomic E-state index is -5.08. The maximum Gasteiger partial charge on any atom is 0.490 e. The zero-order chi connectivity index (χ0) is 26.6. The molecule has 0 unspecified atom stereocenters. The summed E-state index contributed by atoms with van der Waals surface area (Å²) in [6.07, 6.45) is -1.71. The molecule has 4 rings (SSSR count). The number of carbonyl (C=O) groups is 2. The fraction of sp³-hybridized carbons (Fsp3) is 0.364. The van der Waals surface area contributed by atoms with Gasteiger partial charge in [0.15, 0.2) is 5.65 Å². The van der Waals surface area contributed by atoms with Crippen molar-refractivity contribution in [3.05, 3.63) is 58.4 Å². The number of aliphatic carboxylic acids is 1. The van der Waals surface area contributed by atoms with Gasteiger partial charge in [-0.3, -0.25) is 4.79 Å². The van der Waals surface area contributed by atoms with Crippen LogP contribution >= 0.6 is 0 Å². The summed E-state index contributed by atoms with van der Waals surface area (Å²) in [4.78, 5) is 37.3. The summed E-state index contributed by atoms with van der Waals surface area (Å²) in [5.74, 6) is -3.56. The largest absolute Gasteiger partial charge is 0.490 e. The lowest BCUT2D eigenvalue weighted by molar-refractivity contribution is -0.192. The first kappa shape index (κ1) is 26.7. The second-order valence-electron chi connectivity index (χ2n) is 8.28. The van der Waals surface area contributed by atoms with E-state index in [1.165, 1.54) is 16.7 Å². The van der Waals surface area contributed by atoms with E-state index in [4.69, 9.17) is 9.90 Å². The third kappa shape index (κ3) is 6.38. The van der Waals surface area contributed by atoms with Gasteiger partial charge in [0.25, 0.3) is 5.91 Å². The summed E-state index contributed by atoms with van der Waals surface area (Å²) >= 11 is 0. The number of aromatic nitrogens is 3. The van der Waals surface area contributed by atoms with Crippen LogP contribution in [0.4, 0.5) is 28.9 Å². The van der Waals surface area contributed by atoms with Crippen LogP contribution in [-0.4, -0.2) is 75.9 Å². The molecular weight excluding hydrogens is 488 g/mol. The number of nitrogens with zero attached hydrogens (tertiary/aromatic N) is 4. The van der Waals surface area contributed by atoms with Crippen molar-refractivity contribution in [2.24, 2.45) is 0 Å². The van der Waals surface area contributed by atoms with Crippen LogP contribution in [0, 0.1) is 5.82 Å². The highest BCUT2D eigenvalue weighted by Crippen LogP contribution is 2.27. The molecule has 14 heteroatoms. The Bertz CT molecular complexity index is 1300. The van der Waals surface area contributed by atoms with E-state index >= 15 is 0 Å². The first-order valence-electron chi connectivity index (χ1n) is 10.8. The number of aromatic amines is 1. The minimum Gasteiger partial charge on any atom is -0.475 e. The average molecular weight is 512 g/mol. The predicted octanol–water partition coefficient (Wildman–Crippen LogP) is 2.58. The Morgan fingerprint density at radius 2 is 1.81 bits per heavy atom. The average Bonchev–Trinajstić information content (AvgIpc) is 3.19. The maximum absolute atomic E-state index is 14.7. The third-order valence-corrected chi connectivity index (χ3v) is 5.66. The lowest BCUT2D eigenvalue weighted by atomic mass is 10.0. The molecule has 0 bridgehead atoms. The molecule has 1 saturated heterocycles. The molecule has 1 fully saturated rings. The molecule has 36 heavy (non-hydrogen) atoms. The Hall–Kier alpha value is -3.94. The number of alkyl halides is 3. The van der Waals surface area contributed by atoms with E-state index in [9.17, 15) is 27.2 Å². The molecule has 3 aromatic rings. The number of nitrogens with one attached hydrogen (secondary N) is 2. The summed E-state index contributed by atoms with van der Waals surface area (Å²) < 4.78 is 47.7. The number of rotatable bonds is 4. The number of carbonyl (C=O) groups excluding carboxylic acids is 1. The first-order valence-corrected chi connectivity index (χ1v) is 10.8. The predicted molar refractivity (Wildman–Crippen MR) is 123 cm³/mol. The Labute approximate surface area is 202 Å². The zero-order valence-corrected chi connectivity index (χ0v) is 19.3. The van der Waals surface area contributed by atoms with Crippen LogP contribution in [0.15, 0.2) is 41.3 Å². The number of H-pyrrole nitrogens is 1. The van der Waals surface area contributed by atoms with Crippen LogP contribution in [0.25, 0.3) is 5.65 Å². The fourth-order valence-electron chi connectivity index (χ4n) is 3.71. The highest BCUT2D eigenvalue weighted by molar-refractivity contribution is 6.04. The number of anilines is 2. The monoisotopic (exact) mass is 512 g/mol. The van der Waals surface area contributed by atoms with E-state index in [0.29, 0.717) is 23.1 Å². The van der Waals surface area contributed by atoms with E-state index in [1.54, 1.807) is 24.3 Å².